The van der Waals surface area contributed by atoms with E-state index in [-0.39, 0.29) is 11.8 Å². The van der Waals surface area contributed by atoms with E-state index in [1.807, 2.05) is 13.8 Å². The van der Waals surface area contributed by atoms with Crippen LogP contribution in [0.4, 0.5) is 0 Å². The van der Waals surface area contributed by atoms with Crippen molar-refractivity contribution in [2.75, 3.05) is 0 Å². The molecule has 0 aliphatic heterocycles. The van der Waals surface area contributed by atoms with E-state index in [9.17, 15) is 4.79 Å². The number of benzene rings is 1. The maximum absolute atomic E-state index is 12.4. The molecule has 0 saturated heterocycles. The maximum Gasteiger partial charge on any atom is 0.212 e. The standard InChI is InChI=1S/C13H12Cl2N2O/c1-8(2)17-12(11(15)7-16-17)13(18)9-3-5-10(14)6-4-9/h3-8H,1-2H3. The van der Waals surface area contributed by atoms with E-state index in [0.29, 0.717) is 21.3 Å². The van der Waals surface area contributed by atoms with Gasteiger partial charge in [0, 0.05) is 16.6 Å². The molecule has 94 valence electrons. The van der Waals surface area contributed by atoms with Crippen LogP contribution in [0, 0.1) is 0 Å². The smallest absolute Gasteiger partial charge is 0.212 e. The first-order valence-corrected chi connectivity index (χ1v) is 6.29. The summed E-state index contributed by atoms with van der Waals surface area (Å²) >= 11 is 11.8. The van der Waals surface area contributed by atoms with Crippen molar-refractivity contribution in [1.29, 1.82) is 0 Å². The second kappa shape index (κ2) is 5.12. The van der Waals surface area contributed by atoms with E-state index < -0.39 is 0 Å². The molecule has 0 unspecified atom stereocenters. The fourth-order valence-electron chi connectivity index (χ4n) is 1.68. The summed E-state index contributed by atoms with van der Waals surface area (Å²) in [5.41, 5.74) is 0.956. The zero-order chi connectivity index (χ0) is 13.3. The van der Waals surface area contributed by atoms with Crippen molar-refractivity contribution in [3.05, 3.63) is 51.8 Å². The van der Waals surface area contributed by atoms with Gasteiger partial charge in [-0.3, -0.25) is 9.48 Å². The molecule has 3 nitrogen and oxygen atoms in total. The number of hydrogen-bond acceptors (Lipinski definition) is 2. The minimum absolute atomic E-state index is 0.0729. The molecule has 0 saturated carbocycles. The van der Waals surface area contributed by atoms with Gasteiger partial charge in [-0.05, 0) is 38.1 Å². The fourth-order valence-corrected chi connectivity index (χ4v) is 2.03. The third-order valence-corrected chi connectivity index (χ3v) is 3.09. The lowest BCUT2D eigenvalue weighted by atomic mass is 10.1. The second-order valence-corrected chi connectivity index (χ2v) is 5.06. The fraction of sp³-hybridized carbons (Fsp3) is 0.231. The lowest BCUT2D eigenvalue weighted by Gasteiger charge is -2.10. The predicted octanol–water partition coefficient (Wildman–Crippen LogP) is 4.00. The van der Waals surface area contributed by atoms with Crippen LogP contribution in [0.2, 0.25) is 10.0 Å². The summed E-state index contributed by atoms with van der Waals surface area (Å²) in [6, 6.07) is 6.79. The van der Waals surface area contributed by atoms with Crippen molar-refractivity contribution >= 4 is 29.0 Å². The van der Waals surface area contributed by atoms with Crippen molar-refractivity contribution < 1.29 is 4.79 Å². The van der Waals surface area contributed by atoms with Gasteiger partial charge < -0.3 is 0 Å². The van der Waals surface area contributed by atoms with Crippen LogP contribution in [-0.4, -0.2) is 15.6 Å². The molecule has 1 aromatic carbocycles. The number of aromatic nitrogens is 2. The van der Waals surface area contributed by atoms with E-state index in [1.165, 1.54) is 6.20 Å². The van der Waals surface area contributed by atoms with Gasteiger partial charge in [-0.1, -0.05) is 23.2 Å². The van der Waals surface area contributed by atoms with Crippen molar-refractivity contribution in [2.45, 2.75) is 19.9 Å². The molecule has 2 aromatic rings. The first kappa shape index (κ1) is 13.1. The SMILES string of the molecule is CC(C)n1ncc(Cl)c1C(=O)c1ccc(Cl)cc1. The van der Waals surface area contributed by atoms with E-state index in [2.05, 4.69) is 5.10 Å². The molecule has 0 amide bonds. The average Bonchev–Trinajstić information content (AvgIpc) is 2.71. The van der Waals surface area contributed by atoms with Gasteiger partial charge >= 0.3 is 0 Å². The molecule has 0 atom stereocenters. The van der Waals surface area contributed by atoms with E-state index >= 15 is 0 Å². The highest BCUT2D eigenvalue weighted by molar-refractivity contribution is 6.34. The van der Waals surface area contributed by atoms with Crippen LogP contribution in [0.25, 0.3) is 0 Å². The Morgan fingerprint density at radius 1 is 1.22 bits per heavy atom. The Bertz CT molecular complexity index is 573. The summed E-state index contributed by atoms with van der Waals surface area (Å²) in [5.74, 6) is -0.150. The van der Waals surface area contributed by atoms with Crippen LogP contribution in [0.5, 0.6) is 0 Å². The summed E-state index contributed by atoms with van der Waals surface area (Å²) in [5, 5.41) is 5.07. The van der Waals surface area contributed by atoms with Crippen molar-refractivity contribution in [3.8, 4) is 0 Å². The molecule has 0 N–H and O–H groups in total. The molecule has 0 aliphatic carbocycles. The van der Waals surface area contributed by atoms with Crippen molar-refractivity contribution in [1.82, 2.24) is 9.78 Å². The number of halogens is 2. The number of rotatable bonds is 3. The zero-order valence-corrected chi connectivity index (χ0v) is 11.5. The quantitative estimate of drug-likeness (QED) is 0.798. The number of hydrogen-bond donors (Lipinski definition) is 0. The van der Waals surface area contributed by atoms with Crippen LogP contribution in [-0.2, 0) is 0 Å². The molecule has 2 rings (SSSR count). The molecule has 18 heavy (non-hydrogen) atoms. The maximum atomic E-state index is 12.4. The molecule has 0 spiro atoms. The summed E-state index contributed by atoms with van der Waals surface area (Å²) in [6.07, 6.45) is 1.49. The minimum Gasteiger partial charge on any atom is -0.287 e. The number of ketones is 1. The van der Waals surface area contributed by atoms with Gasteiger partial charge in [0.1, 0.15) is 5.69 Å². The van der Waals surface area contributed by atoms with Gasteiger partial charge in [-0.2, -0.15) is 5.10 Å². The molecule has 1 aromatic heterocycles. The van der Waals surface area contributed by atoms with Crippen molar-refractivity contribution in [3.63, 3.8) is 0 Å². The normalized spacial score (nSPS) is 10.9. The number of carbonyl (C=O) groups excluding carboxylic acids is 1. The summed E-state index contributed by atoms with van der Waals surface area (Å²) in [6.45, 7) is 3.89. The Morgan fingerprint density at radius 3 is 2.39 bits per heavy atom. The van der Waals surface area contributed by atoms with Gasteiger partial charge in [0.15, 0.2) is 0 Å². The van der Waals surface area contributed by atoms with E-state index in [0.717, 1.165) is 0 Å². The van der Waals surface area contributed by atoms with Gasteiger partial charge in [-0.25, -0.2) is 0 Å². The van der Waals surface area contributed by atoms with E-state index in [1.54, 1.807) is 28.9 Å². The van der Waals surface area contributed by atoms with Crippen molar-refractivity contribution in [2.24, 2.45) is 0 Å². The second-order valence-electron chi connectivity index (χ2n) is 4.22. The predicted molar refractivity (Wildman–Crippen MR) is 72.5 cm³/mol. The van der Waals surface area contributed by atoms with Gasteiger partial charge in [0.05, 0.1) is 11.2 Å². The molecule has 1 heterocycles. The average molecular weight is 283 g/mol. The largest absolute Gasteiger partial charge is 0.287 e. The van der Waals surface area contributed by atoms with Crippen LogP contribution < -0.4 is 0 Å². The Morgan fingerprint density at radius 2 is 1.83 bits per heavy atom. The third kappa shape index (κ3) is 2.42. The molecule has 0 aliphatic rings. The Balaban J connectivity index is 2.45. The lowest BCUT2D eigenvalue weighted by Crippen LogP contribution is -2.13. The molecule has 5 heteroatoms. The number of nitrogens with zero attached hydrogens (tertiary/aromatic N) is 2. The van der Waals surface area contributed by atoms with Crippen LogP contribution >= 0.6 is 23.2 Å². The van der Waals surface area contributed by atoms with Crippen LogP contribution in [0.15, 0.2) is 30.5 Å². The lowest BCUT2D eigenvalue weighted by molar-refractivity contribution is 0.102. The van der Waals surface area contributed by atoms with Gasteiger partial charge in [0.25, 0.3) is 0 Å². The summed E-state index contributed by atoms with van der Waals surface area (Å²) < 4.78 is 1.62. The van der Waals surface area contributed by atoms with Gasteiger partial charge in [-0.15, -0.1) is 0 Å². The zero-order valence-electron chi connectivity index (χ0n) is 10.0. The first-order chi connectivity index (χ1) is 8.50. The summed E-state index contributed by atoms with van der Waals surface area (Å²) in [4.78, 5) is 12.4. The number of carbonyl (C=O) groups is 1. The molecule has 0 fully saturated rings. The van der Waals surface area contributed by atoms with Crippen LogP contribution in [0.3, 0.4) is 0 Å². The minimum atomic E-state index is -0.150. The molecule has 0 radical (unpaired) electrons. The molecular weight excluding hydrogens is 271 g/mol. The Kier molecular flexibility index (Phi) is 3.73. The molecule has 0 bridgehead atoms. The highest BCUT2D eigenvalue weighted by atomic mass is 35.5. The Labute approximate surface area is 115 Å². The highest BCUT2D eigenvalue weighted by Gasteiger charge is 2.20. The van der Waals surface area contributed by atoms with E-state index in [4.69, 9.17) is 23.2 Å². The third-order valence-electron chi connectivity index (χ3n) is 2.56. The first-order valence-electron chi connectivity index (χ1n) is 5.54. The monoisotopic (exact) mass is 282 g/mol. The van der Waals surface area contributed by atoms with Gasteiger partial charge in [0.2, 0.25) is 5.78 Å². The summed E-state index contributed by atoms with van der Waals surface area (Å²) in [7, 11) is 0. The highest BCUT2D eigenvalue weighted by Crippen LogP contribution is 2.22. The topological polar surface area (TPSA) is 34.9 Å². The van der Waals surface area contributed by atoms with Crippen LogP contribution in [0.1, 0.15) is 35.9 Å². The Hall–Kier alpha value is -1.32. The molecular formula is C13H12Cl2N2O.